The molecule has 0 aliphatic heterocycles. The zero-order chi connectivity index (χ0) is 9.00. The zero-order valence-electron chi connectivity index (χ0n) is 11.1. The van der Waals surface area contributed by atoms with Gasteiger partial charge in [-0.3, -0.25) is 0 Å². The summed E-state index contributed by atoms with van der Waals surface area (Å²) < 4.78 is 0. The van der Waals surface area contributed by atoms with Gasteiger partial charge < -0.3 is 13.8 Å². The Balaban J connectivity index is -0.00000000970. The van der Waals surface area contributed by atoms with Crippen LogP contribution in [-0.4, -0.2) is 0 Å². The molecule has 0 saturated carbocycles. The van der Waals surface area contributed by atoms with Gasteiger partial charge in [0.1, 0.15) is 0 Å². The summed E-state index contributed by atoms with van der Waals surface area (Å²) in [6.45, 7) is 20.0. The Morgan fingerprint density at radius 3 is 0.438 bits per heavy atom. The predicted octanol–water partition coefficient (Wildman–Crippen LogP) is 3.72. The molecule has 0 unspecified atom stereocenters. The summed E-state index contributed by atoms with van der Waals surface area (Å²) in [6, 6.07) is 0. The second kappa shape index (κ2) is 23.6. The average molecular weight is 448 g/mol. The molecule has 16 heavy (non-hydrogen) atoms. The van der Waals surface area contributed by atoms with E-state index in [-0.39, 0.29) is 122 Å². The van der Waals surface area contributed by atoms with Crippen molar-refractivity contribution < 1.29 is 111 Å². The quantitative estimate of drug-likeness (QED) is 0.496. The van der Waals surface area contributed by atoms with Crippen LogP contribution in [-0.2, 0) is 111 Å². The van der Waals surface area contributed by atoms with E-state index in [0.717, 1.165) is 0 Å². The van der Waals surface area contributed by atoms with Gasteiger partial charge in [0.15, 0.2) is 0 Å². The van der Waals surface area contributed by atoms with Gasteiger partial charge in [-0.15, -0.1) is 0 Å². The van der Waals surface area contributed by atoms with Crippen LogP contribution in [0.3, 0.4) is 0 Å². The Labute approximate surface area is 175 Å². The fraction of sp³-hybridized carbons (Fsp3) is 0.800. The fourth-order valence-corrected chi connectivity index (χ4v) is 0. The van der Waals surface area contributed by atoms with Gasteiger partial charge in [-0.1, -0.05) is 41.5 Å². The normalized spacial score (nSPS) is 7.50. The summed E-state index contributed by atoms with van der Waals surface area (Å²) in [4.78, 5) is 0. The van der Waals surface area contributed by atoms with Gasteiger partial charge in [-0.2, -0.15) is 10.8 Å². The molecule has 0 rings (SSSR count). The van der Waals surface area contributed by atoms with Crippen LogP contribution in [0, 0.1) is 24.7 Å². The maximum atomic E-state index is 3.77. The van der Waals surface area contributed by atoms with Crippen LogP contribution >= 0.6 is 0 Å². The third-order valence-corrected chi connectivity index (χ3v) is 0. The standard InChI is InChI=1S/2C5H11.6V/c2*1-5(2,3)4;;;;;;/h2*1H2,2-4H3;;;;;;/q2*-1;;;;;;. The Morgan fingerprint density at radius 1 is 0.438 bits per heavy atom. The second-order valence-electron chi connectivity index (χ2n) is 5.12. The van der Waals surface area contributed by atoms with Crippen molar-refractivity contribution >= 4 is 0 Å². The Morgan fingerprint density at radius 2 is 0.438 bits per heavy atom. The van der Waals surface area contributed by atoms with Crippen molar-refractivity contribution in [2.75, 3.05) is 0 Å². The Kier molecular flexibility index (Phi) is 74.4. The molecule has 0 aromatic rings. The zero-order valence-corrected chi connectivity index (χ0v) is 19.5. The van der Waals surface area contributed by atoms with E-state index in [1.54, 1.807) is 0 Å². The molecule has 0 spiro atoms. The maximum Gasteiger partial charge on any atom is 0 e. The van der Waals surface area contributed by atoms with Gasteiger partial charge in [0.2, 0.25) is 0 Å². The van der Waals surface area contributed by atoms with Crippen LogP contribution in [0.1, 0.15) is 41.5 Å². The van der Waals surface area contributed by atoms with Crippen molar-refractivity contribution in [2.45, 2.75) is 41.5 Å². The van der Waals surface area contributed by atoms with Crippen molar-refractivity contribution in [3.05, 3.63) is 13.8 Å². The minimum Gasteiger partial charge on any atom is -0.338 e. The average Bonchev–Trinajstić information content (AvgIpc) is 1.12. The predicted molar refractivity (Wildman–Crippen MR) is 49.6 cm³/mol. The minimum absolute atomic E-state index is 0. The molecule has 0 aromatic carbocycles. The SMILES string of the molecule is [CH2-]C(C)(C)C.[CH2-]C(C)(C)C.[V].[V].[V].[V].[V].[V]. The topological polar surface area (TPSA) is 0 Å². The summed E-state index contributed by atoms with van der Waals surface area (Å²) in [5, 5.41) is 0. The summed E-state index contributed by atoms with van der Waals surface area (Å²) in [6.07, 6.45) is 0. The van der Waals surface area contributed by atoms with Crippen molar-refractivity contribution in [1.82, 2.24) is 0 Å². The van der Waals surface area contributed by atoms with Gasteiger partial charge in [-0.25, -0.2) is 0 Å². The largest absolute Gasteiger partial charge is 0.338 e. The molecule has 0 nitrogen and oxygen atoms in total. The number of hydrogen-bond acceptors (Lipinski definition) is 0. The smallest absolute Gasteiger partial charge is 0 e. The van der Waals surface area contributed by atoms with Gasteiger partial charge in [0, 0.05) is 111 Å². The summed E-state index contributed by atoms with van der Waals surface area (Å²) in [7, 11) is 0. The third-order valence-electron chi connectivity index (χ3n) is 0. The molecule has 0 atom stereocenters. The van der Waals surface area contributed by atoms with E-state index < -0.39 is 0 Å². The van der Waals surface area contributed by atoms with Crippen molar-refractivity contribution in [3.8, 4) is 0 Å². The van der Waals surface area contributed by atoms with Gasteiger partial charge >= 0.3 is 0 Å². The minimum atomic E-state index is 0. The molecule has 0 amide bonds. The molecular formula is C10H22V6-2. The molecule has 0 N–H and O–H groups in total. The van der Waals surface area contributed by atoms with Crippen LogP contribution in [0.4, 0.5) is 0 Å². The second-order valence-corrected chi connectivity index (χ2v) is 5.12. The van der Waals surface area contributed by atoms with E-state index >= 15 is 0 Å². The van der Waals surface area contributed by atoms with Crippen molar-refractivity contribution in [1.29, 1.82) is 0 Å². The monoisotopic (exact) mass is 448 g/mol. The first kappa shape index (κ1) is 50.5. The van der Waals surface area contributed by atoms with E-state index in [0.29, 0.717) is 0 Å². The molecule has 0 saturated heterocycles. The third kappa shape index (κ3) is 388. The van der Waals surface area contributed by atoms with Crippen molar-refractivity contribution in [2.24, 2.45) is 10.8 Å². The molecule has 0 heterocycles. The van der Waals surface area contributed by atoms with Crippen molar-refractivity contribution in [3.63, 3.8) is 0 Å². The van der Waals surface area contributed by atoms with Gasteiger partial charge in [-0.05, 0) is 0 Å². The first-order chi connectivity index (χ1) is 4.00. The molecule has 0 aliphatic carbocycles. The molecule has 6 radical (unpaired) electrons. The van der Waals surface area contributed by atoms with Crippen LogP contribution in [0.5, 0.6) is 0 Å². The van der Waals surface area contributed by atoms with E-state index in [2.05, 4.69) is 55.4 Å². The summed E-state index contributed by atoms with van der Waals surface area (Å²) >= 11 is 0. The first-order valence-corrected chi connectivity index (χ1v) is 3.71. The number of hydrogen-bond donors (Lipinski definition) is 0. The molecular weight excluding hydrogens is 426 g/mol. The molecule has 0 aliphatic rings. The van der Waals surface area contributed by atoms with E-state index in [9.17, 15) is 0 Å². The number of rotatable bonds is 0. The molecule has 94 valence electrons. The van der Waals surface area contributed by atoms with Gasteiger partial charge in [0.05, 0.1) is 0 Å². The Bertz CT molecular complexity index is 58.3. The summed E-state index contributed by atoms with van der Waals surface area (Å²) in [5.74, 6) is 0. The molecule has 0 bridgehead atoms. The molecule has 0 fully saturated rings. The van der Waals surface area contributed by atoms with E-state index in [1.807, 2.05) is 0 Å². The Hall–Kier alpha value is 3.51. The molecule has 0 aromatic heterocycles. The fourth-order valence-electron chi connectivity index (χ4n) is 0. The van der Waals surface area contributed by atoms with Gasteiger partial charge in [0.25, 0.3) is 0 Å². The van der Waals surface area contributed by atoms with E-state index in [4.69, 9.17) is 0 Å². The van der Waals surface area contributed by atoms with E-state index in [1.165, 1.54) is 0 Å². The van der Waals surface area contributed by atoms with Crippen LogP contribution < -0.4 is 0 Å². The maximum absolute atomic E-state index is 3.77. The molecule has 6 heteroatoms. The van der Waals surface area contributed by atoms with Crippen LogP contribution in [0.2, 0.25) is 0 Å². The first-order valence-electron chi connectivity index (χ1n) is 3.71. The van der Waals surface area contributed by atoms with Crippen LogP contribution in [0.25, 0.3) is 0 Å². The summed E-state index contributed by atoms with van der Waals surface area (Å²) in [5.41, 5.74) is 0.500. The van der Waals surface area contributed by atoms with Crippen LogP contribution in [0.15, 0.2) is 0 Å².